The molecule has 150 valence electrons. The van der Waals surface area contributed by atoms with Crippen molar-refractivity contribution in [3.8, 4) is 0 Å². The Morgan fingerprint density at radius 3 is 2.93 bits per heavy atom. The first-order valence-corrected chi connectivity index (χ1v) is 10.4. The Hall–Kier alpha value is -2.41. The van der Waals surface area contributed by atoms with E-state index >= 15 is 0 Å². The van der Waals surface area contributed by atoms with Crippen LogP contribution in [0.1, 0.15) is 43.9 Å². The average molecular weight is 383 g/mol. The highest BCUT2D eigenvalue weighted by Gasteiger charge is 2.23. The summed E-state index contributed by atoms with van der Waals surface area (Å²) >= 11 is 0. The molecule has 2 N–H and O–H groups in total. The van der Waals surface area contributed by atoms with Gasteiger partial charge in [-0.1, -0.05) is 18.2 Å². The van der Waals surface area contributed by atoms with Crippen molar-refractivity contribution in [3.05, 3.63) is 42.0 Å². The standard InChI is InChI=1S/C21H30N6O/c1-16(21-25-24-19-9-5-6-11-27(19)21)22-14-20(28)23-13-17-10-12-26(15-17)18-7-3-2-4-8-18/h2-4,7-8,16-17,22H,5-6,9-15H2,1H3,(H,23,28)/t16-,17+/m1/s1. The third-order valence-electron chi connectivity index (χ3n) is 5.84. The zero-order valence-corrected chi connectivity index (χ0v) is 16.6. The number of carbonyl (C=O) groups is 1. The number of hydrogen-bond donors (Lipinski definition) is 2. The van der Waals surface area contributed by atoms with E-state index in [1.165, 1.54) is 18.5 Å². The number of aryl methyl sites for hydroxylation is 1. The number of carbonyl (C=O) groups excluding carboxylic acids is 1. The molecule has 0 spiro atoms. The van der Waals surface area contributed by atoms with Gasteiger partial charge < -0.3 is 14.8 Å². The molecule has 1 aromatic carbocycles. The maximum atomic E-state index is 12.3. The summed E-state index contributed by atoms with van der Waals surface area (Å²) in [5, 5.41) is 15.0. The number of fused-ring (bicyclic) bond motifs is 1. The van der Waals surface area contributed by atoms with Crippen LogP contribution in [0.5, 0.6) is 0 Å². The first-order valence-electron chi connectivity index (χ1n) is 10.4. The average Bonchev–Trinajstić information content (AvgIpc) is 3.38. The molecule has 3 heterocycles. The molecule has 4 rings (SSSR count). The van der Waals surface area contributed by atoms with Gasteiger partial charge in [-0.25, -0.2) is 0 Å². The molecule has 1 aromatic heterocycles. The molecule has 1 fully saturated rings. The van der Waals surface area contributed by atoms with E-state index in [4.69, 9.17) is 0 Å². The fourth-order valence-electron chi connectivity index (χ4n) is 4.18. The van der Waals surface area contributed by atoms with E-state index in [9.17, 15) is 4.79 Å². The Labute approximate surface area is 166 Å². The van der Waals surface area contributed by atoms with E-state index in [0.717, 1.165) is 50.7 Å². The van der Waals surface area contributed by atoms with E-state index in [2.05, 4.69) is 54.6 Å². The molecule has 1 amide bonds. The van der Waals surface area contributed by atoms with Crippen molar-refractivity contribution in [2.24, 2.45) is 5.92 Å². The fraction of sp³-hybridized carbons (Fsp3) is 0.571. The fourth-order valence-corrected chi connectivity index (χ4v) is 4.18. The lowest BCUT2D eigenvalue weighted by Crippen LogP contribution is -2.38. The molecule has 2 atom stereocenters. The maximum Gasteiger partial charge on any atom is 0.233 e. The van der Waals surface area contributed by atoms with Gasteiger partial charge in [0.15, 0.2) is 0 Å². The van der Waals surface area contributed by atoms with Crippen molar-refractivity contribution in [2.45, 2.75) is 45.2 Å². The topological polar surface area (TPSA) is 75.1 Å². The van der Waals surface area contributed by atoms with E-state index in [1.54, 1.807) is 0 Å². The highest BCUT2D eigenvalue weighted by atomic mass is 16.1. The highest BCUT2D eigenvalue weighted by Crippen LogP contribution is 2.23. The predicted octanol–water partition coefficient (Wildman–Crippen LogP) is 1.91. The van der Waals surface area contributed by atoms with Crippen LogP contribution < -0.4 is 15.5 Å². The van der Waals surface area contributed by atoms with E-state index in [0.29, 0.717) is 12.5 Å². The summed E-state index contributed by atoms with van der Waals surface area (Å²) in [4.78, 5) is 14.7. The Bertz CT molecular complexity index is 789. The van der Waals surface area contributed by atoms with Gasteiger partial charge in [-0.2, -0.15) is 0 Å². The lowest BCUT2D eigenvalue weighted by Gasteiger charge is -2.19. The number of rotatable bonds is 7. The Morgan fingerprint density at radius 2 is 2.07 bits per heavy atom. The number of nitrogens with one attached hydrogen (secondary N) is 2. The van der Waals surface area contributed by atoms with E-state index < -0.39 is 0 Å². The van der Waals surface area contributed by atoms with Gasteiger partial charge in [0.25, 0.3) is 0 Å². The summed E-state index contributed by atoms with van der Waals surface area (Å²) in [5.41, 5.74) is 1.27. The minimum Gasteiger partial charge on any atom is -0.371 e. The number of nitrogens with zero attached hydrogens (tertiary/aromatic N) is 4. The maximum absolute atomic E-state index is 12.3. The van der Waals surface area contributed by atoms with Crippen LogP contribution in [0, 0.1) is 5.92 Å². The molecule has 0 bridgehead atoms. The smallest absolute Gasteiger partial charge is 0.233 e. The zero-order valence-electron chi connectivity index (χ0n) is 16.6. The summed E-state index contributed by atoms with van der Waals surface area (Å²) in [5.74, 6) is 2.56. The summed E-state index contributed by atoms with van der Waals surface area (Å²) in [6.07, 6.45) is 4.48. The zero-order chi connectivity index (χ0) is 19.3. The predicted molar refractivity (Wildman–Crippen MR) is 109 cm³/mol. The van der Waals surface area contributed by atoms with E-state index in [1.807, 2.05) is 13.0 Å². The number of amides is 1. The number of anilines is 1. The lowest BCUT2D eigenvalue weighted by molar-refractivity contribution is -0.120. The lowest BCUT2D eigenvalue weighted by atomic mass is 10.1. The number of benzene rings is 1. The summed E-state index contributed by atoms with van der Waals surface area (Å²) in [6, 6.07) is 10.5. The molecule has 2 aromatic rings. The molecule has 0 saturated carbocycles. The number of hydrogen-bond acceptors (Lipinski definition) is 5. The van der Waals surface area contributed by atoms with Crippen LogP contribution in [-0.4, -0.2) is 46.9 Å². The first-order chi connectivity index (χ1) is 13.7. The number of para-hydroxylation sites is 1. The van der Waals surface area contributed by atoms with Crippen LogP contribution in [0.25, 0.3) is 0 Å². The molecule has 1 saturated heterocycles. The van der Waals surface area contributed by atoms with Gasteiger partial charge in [-0.3, -0.25) is 10.1 Å². The van der Waals surface area contributed by atoms with Gasteiger partial charge in [-0.05, 0) is 44.2 Å². The van der Waals surface area contributed by atoms with Crippen molar-refractivity contribution < 1.29 is 4.79 Å². The normalized spacial score (nSPS) is 20.0. The van der Waals surface area contributed by atoms with Gasteiger partial charge in [0.1, 0.15) is 11.6 Å². The van der Waals surface area contributed by atoms with Crippen molar-refractivity contribution in [2.75, 3.05) is 31.1 Å². The summed E-state index contributed by atoms with van der Waals surface area (Å²) in [6.45, 7) is 6.12. The van der Waals surface area contributed by atoms with Gasteiger partial charge in [-0.15, -0.1) is 10.2 Å². The van der Waals surface area contributed by atoms with Crippen LogP contribution in [0.4, 0.5) is 5.69 Å². The quantitative estimate of drug-likeness (QED) is 0.765. The van der Waals surface area contributed by atoms with Crippen molar-refractivity contribution >= 4 is 11.6 Å². The molecule has 7 nitrogen and oxygen atoms in total. The van der Waals surface area contributed by atoms with Crippen molar-refractivity contribution in [3.63, 3.8) is 0 Å². The molecular formula is C21H30N6O. The van der Waals surface area contributed by atoms with Crippen molar-refractivity contribution in [1.29, 1.82) is 0 Å². The SMILES string of the molecule is C[C@@H](NCC(=O)NC[C@@H]1CCN(c2ccccc2)C1)c1nnc2n1CCCC2. The van der Waals surface area contributed by atoms with Gasteiger partial charge in [0, 0.05) is 38.3 Å². The molecular weight excluding hydrogens is 352 g/mol. The second kappa shape index (κ2) is 8.73. The van der Waals surface area contributed by atoms with Crippen LogP contribution in [0.2, 0.25) is 0 Å². The Kier molecular flexibility index (Phi) is 5.90. The van der Waals surface area contributed by atoms with Crippen LogP contribution in [0.15, 0.2) is 30.3 Å². The van der Waals surface area contributed by atoms with Crippen LogP contribution in [0.3, 0.4) is 0 Å². The third kappa shape index (κ3) is 4.35. The summed E-state index contributed by atoms with van der Waals surface area (Å²) < 4.78 is 2.20. The third-order valence-corrected chi connectivity index (χ3v) is 5.84. The van der Waals surface area contributed by atoms with Crippen LogP contribution >= 0.6 is 0 Å². The number of aromatic nitrogens is 3. The van der Waals surface area contributed by atoms with Gasteiger partial charge in [0.2, 0.25) is 5.91 Å². The van der Waals surface area contributed by atoms with Crippen LogP contribution in [-0.2, 0) is 17.8 Å². The summed E-state index contributed by atoms with van der Waals surface area (Å²) in [7, 11) is 0. The monoisotopic (exact) mass is 382 g/mol. The Balaban J connectivity index is 1.20. The molecule has 2 aliphatic rings. The minimum absolute atomic E-state index is 0.0187. The molecule has 0 radical (unpaired) electrons. The molecule has 2 aliphatic heterocycles. The van der Waals surface area contributed by atoms with E-state index in [-0.39, 0.29) is 11.9 Å². The molecule has 0 aliphatic carbocycles. The highest BCUT2D eigenvalue weighted by molar-refractivity contribution is 5.78. The first kappa shape index (κ1) is 18.9. The molecule has 7 heteroatoms. The second-order valence-corrected chi connectivity index (χ2v) is 7.93. The second-order valence-electron chi connectivity index (χ2n) is 7.93. The van der Waals surface area contributed by atoms with Gasteiger partial charge >= 0.3 is 0 Å². The largest absolute Gasteiger partial charge is 0.371 e. The van der Waals surface area contributed by atoms with Crippen molar-refractivity contribution in [1.82, 2.24) is 25.4 Å². The minimum atomic E-state index is 0.0187. The van der Waals surface area contributed by atoms with Gasteiger partial charge in [0.05, 0.1) is 12.6 Å². The molecule has 0 unspecified atom stereocenters. The Morgan fingerprint density at radius 1 is 1.21 bits per heavy atom. The molecule has 28 heavy (non-hydrogen) atoms.